The standard InChI is InChI=1S/C31H20BrCl/c32-29-20-23(33)18-19-24(29)25-15-9-17-28-30(25)26-14-7-8-16-27(26)31(28,21-10-3-1-4-11-21)22-12-5-2-6-13-22/h1-20H. The molecular weight excluding hydrogens is 488 g/mol. The van der Waals surface area contributed by atoms with Crippen molar-refractivity contribution in [2.75, 3.05) is 0 Å². The van der Waals surface area contributed by atoms with Crippen molar-refractivity contribution in [3.63, 3.8) is 0 Å². The first kappa shape index (κ1) is 20.5. The van der Waals surface area contributed by atoms with E-state index in [1.54, 1.807) is 0 Å². The highest BCUT2D eigenvalue weighted by atomic mass is 79.9. The Morgan fingerprint density at radius 3 is 1.76 bits per heavy atom. The second-order valence-corrected chi connectivity index (χ2v) is 9.67. The van der Waals surface area contributed by atoms with Crippen LogP contribution in [0.15, 0.2) is 126 Å². The highest BCUT2D eigenvalue weighted by Gasteiger charge is 2.46. The van der Waals surface area contributed by atoms with Gasteiger partial charge in [-0.25, -0.2) is 0 Å². The predicted octanol–water partition coefficient (Wildman–Crippen LogP) is 9.13. The van der Waals surface area contributed by atoms with Crippen molar-refractivity contribution in [2.45, 2.75) is 5.41 Å². The summed E-state index contributed by atoms with van der Waals surface area (Å²) < 4.78 is 0.998. The lowest BCUT2D eigenvalue weighted by Gasteiger charge is -2.34. The number of hydrogen-bond donors (Lipinski definition) is 0. The van der Waals surface area contributed by atoms with Gasteiger partial charge in [-0.15, -0.1) is 0 Å². The fourth-order valence-corrected chi connectivity index (χ4v) is 6.32. The molecule has 0 bridgehead atoms. The molecule has 33 heavy (non-hydrogen) atoms. The van der Waals surface area contributed by atoms with Crippen LogP contribution in [0, 0.1) is 0 Å². The second kappa shape index (κ2) is 8.02. The van der Waals surface area contributed by atoms with Crippen molar-refractivity contribution in [3.8, 4) is 22.3 Å². The molecule has 0 unspecified atom stereocenters. The Morgan fingerprint density at radius 1 is 0.515 bits per heavy atom. The number of fused-ring (bicyclic) bond motifs is 3. The third-order valence-corrected chi connectivity index (χ3v) is 7.59. The average molecular weight is 508 g/mol. The van der Waals surface area contributed by atoms with E-state index in [4.69, 9.17) is 11.6 Å². The molecule has 0 aromatic heterocycles. The van der Waals surface area contributed by atoms with Crippen LogP contribution in [0.3, 0.4) is 0 Å². The summed E-state index contributed by atoms with van der Waals surface area (Å²) in [5, 5.41) is 0.724. The van der Waals surface area contributed by atoms with Crippen molar-refractivity contribution >= 4 is 27.5 Å². The van der Waals surface area contributed by atoms with E-state index in [0.717, 1.165) is 15.1 Å². The van der Waals surface area contributed by atoms with Crippen molar-refractivity contribution in [1.82, 2.24) is 0 Å². The Balaban J connectivity index is 1.78. The largest absolute Gasteiger partial charge is 0.0843 e. The van der Waals surface area contributed by atoms with Gasteiger partial charge in [0, 0.05) is 9.50 Å². The van der Waals surface area contributed by atoms with Gasteiger partial charge in [-0.2, -0.15) is 0 Å². The van der Waals surface area contributed by atoms with Crippen LogP contribution in [0.1, 0.15) is 22.3 Å². The van der Waals surface area contributed by atoms with Gasteiger partial charge < -0.3 is 0 Å². The molecule has 5 aromatic carbocycles. The highest BCUT2D eigenvalue weighted by Crippen LogP contribution is 2.58. The molecule has 1 aliphatic carbocycles. The first-order valence-electron chi connectivity index (χ1n) is 11.0. The summed E-state index contributed by atoms with van der Waals surface area (Å²) in [5.41, 5.74) is 9.69. The number of hydrogen-bond acceptors (Lipinski definition) is 0. The van der Waals surface area contributed by atoms with Gasteiger partial charge in [-0.1, -0.05) is 137 Å². The summed E-state index contributed by atoms with van der Waals surface area (Å²) in [6.07, 6.45) is 0. The molecular formula is C31H20BrCl. The summed E-state index contributed by atoms with van der Waals surface area (Å²) in [4.78, 5) is 0. The summed E-state index contributed by atoms with van der Waals surface area (Å²) in [7, 11) is 0. The van der Waals surface area contributed by atoms with E-state index in [1.165, 1.54) is 38.9 Å². The lowest BCUT2D eigenvalue weighted by atomic mass is 9.67. The Kier molecular flexibility index (Phi) is 4.98. The monoisotopic (exact) mass is 506 g/mol. The van der Waals surface area contributed by atoms with E-state index in [0.29, 0.717) is 0 Å². The Hall–Kier alpha value is -3.13. The molecule has 6 rings (SSSR count). The smallest absolute Gasteiger partial charge is 0.0713 e. The van der Waals surface area contributed by atoms with Gasteiger partial charge in [-0.05, 0) is 56.6 Å². The minimum Gasteiger partial charge on any atom is -0.0843 e. The van der Waals surface area contributed by atoms with Crippen molar-refractivity contribution < 1.29 is 0 Å². The molecule has 0 spiro atoms. The molecule has 0 saturated heterocycles. The number of halogens is 2. The van der Waals surface area contributed by atoms with Crippen molar-refractivity contribution in [2.24, 2.45) is 0 Å². The molecule has 158 valence electrons. The van der Waals surface area contributed by atoms with Gasteiger partial charge in [0.05, 0.1) is 5.41 Å². The van der Waals surface area contributed by atoms with Crippen molar-refractivity contribution in [3.05, 3.63) is 153 Å². The highest BCUT2D eigenvalue weighted by molar-refractivity contribution is 9.10. The van der Waals surface area contributed by atoms with Gasteiger partial charge in [0.1, 0.15) is 0 Å². The van der Waals surface area contributed by atoms with E-state index >= 15 is 0 Å². The van der Waals surface area contributed by atoms with Gasteiger partial charge in [0.25, 0.3) is 0 Å². The predicted molar refractivity (Wildman–Crippen MR) is 142 cm³/mol. The minimum absolute atomic E-state index is 0.386. The number of benzene rings is 5. The lowest BCUT2D eigenvalue weighted by molar-refractivity contribution is 0.768. The maximum absolute atomic E-state index is 6.28. The zero-order valence-electron chi connectivity index (χ0n) is 17.8. The van der Waals surface area contributed by atoms with Crippen LogP contribution in [0.5, 0.6) is 0 Å². The van der Waals surface area contributed by atoms with Crippen LogP contribution in [0.2, 0.25) is 5.02 Å². The maximum atomic E-state index is 6.28. The minimum atomic E-state index is -0.386. The van der Waals surface area contributed by atoms with E-state index in [2.05, 4.69) is 125 Å². The Bertz CT molecular complexity index is 1430. The molecule has 5 aromatic rings. The topological polar surface area (TPSA) is 0 Å². The third kappa shape index (κ3) is 3.04. The molecule has 0 saturated carbocycles. The van der Waals surface area contributed by atoms with Crippen LogP contribution in [0.25, 0.3) is 22.3 Å². The maximum Gasteiger partial charge on any atom is 0.0713 e. The zero-order valence-corrected chi connectivity index (χ0v) is 20.1. The Morgan fingerprint density at radius 2 is 1.09 bits per heavy atom. The third-order valence-electron chi connectivity index (χ3n) is 6.70. The second-order valence-electron chi connectivity index (χ2n) is 8.38. The number of rotatable bonds is 3. The normalized spacial score (nSPS) is 13.4. The summed E-state index contributed by atoms with van der Waals surface area (Å²) in [6, 6.07) is 43.3. The molecule has 2 heteroatoms. The van der Waals surface area contributed by atoms with Gasteiger partial charge >= 0.3 is 0 Å². The molecule has 0 aliphatic heterocycles. The lowest BCUT2D eigenvalue weighted by Crippen LogP contribution is -2.28. The van der Waals surface area contributed by atoms with Crippen LogP contribution >= 0.6 is 27.5 Å². The van der Waals surface area contributed by atoms with E-state index in [-0.39, 0.29) is 5.41 Å². The van der Waals surface area contributed by atoms with Crippen LogP contribution in [-0.4, -0.2) is 0 Å². The molecule has 0 amide bonds. The van der Waals surface area contributed by atoms with E-state index < -0.39 is 0 Å². The SMILES string of the molecule is Clc1ccc(-c2cccc3c2-c2ccccc2C3(c2ccccc2)c2ccccc2)c(Br)c1. The van der Waals surface area contributed by atoms with Crippen LogP contribution < -0.4 is 0 Å². The van der Waals surface area contributed by atoms with Crippen LogP contribution in [0.4, 0.5) is 0 Å². The fourth-order valence-electron chi connectivity index (χ4n) is 5.43. The fraction of sp³-hybridized carbons (Fsp3) is 0.0323. The van der Waals surface area contributed by atoms with Gasteiger partial charge in [0.2, 0.25) is 0 Å². The average Bonchev–Trinajstić information content (AvgIpc) is 3.17. The summed E-state index contributed by atoms with van der Waals surface area (Å²) in [5.74, 6) is 0. The summed E-state index contributed by atoms with van der Waals surface area (Å²) >= 11 is 10.0. The first-order valence-corrected chi connectivity index (χ1v) is 12.2. The molecule has 0 heterocycles. The molecule has 0 nitrogen and oxygen atoms in total. The van der Waals surface area contributed by atoms with Gasteiger partial charge in [-0.3, -0.25) is 0 Å². The molecule has 0 atom stereocenters. The van der Waals surface area contributed by atoms with E-state index in [9.17, 15) is 0 Å². The molecule has 0 radical (unpaired) electrons. The van der Waals surface area contributed by atoms with Crippen molar-refractivity contribution in [1.29, 1.82) is 0 Å². The molecule has 1 aliphatic rings. The van der Waals surface area contributed by atoms with Crippen LogP contribution in [-0.2, 0) is 5.41 Å². The van der Waals surface area contributed by atoms with Gasteiger partial charge in [0.15, 0.2) is 0 Å². The quantitative estimate of drug-likeness (QED) is 0.224. The molecule has 0 fully saturated rings. The Labute approximate surface area is 207 Å². The first-order chi connectivity index (χ1) is 16.2. The molecule has 0 N–H and O–H groups in total. The summed E-state index contributed by atoms with van der Waals surface area (Å²) in [6.45, 7) is 0. The zero-order chi connectivity index (χ0) is 22.4. The van der Waals surface area contributed by atoms with E-state index in [1.807, 2.05) is 12.1 Å².